The molecule has 4 nitrogen and oxygen atoms in total. The largest absolute Gasteiger partial charge is 0.396 e. The minimum Gasteiger partial charge on any atom is -0.396 e. The number of methoxy groups -OCH3 is 1. The Hall–Kier alpha value is -0.393. The van der Waals surface area contributed by atoms with Crippen molar-refractivity contribution in [3.05, 3.63) is 0 Å². The van der Waals surface area contributed by atoms with Crippen molar-refractivity contribution in [1.82, 2.24) is 0 Å². The number of carbonyl (C=O) groups excluding carboxylic acids is 1. The Balaban J connectivity index is -0.000000167. The summed E-state index contributed by atoms with van der Waals surface area (Å²) in [5.41, 5.74) is 0. The number of unbranched alkanes of at least 4 members (excludes halogenated alkanes) is 1. The molecule has 0 amide bonds. The Kier molecular flexibility index (Phi) is 32.2. The van der Waals surface area contributed by atoms with Gasteiger partial charge in [0.1, 0.15) is 6.29 Å². The molecule has 0 aromatic heterocycles. The fourth-order valence-corrected chi connectivity index (χ4v) is 0.781. The number of aliphatic hydroxyl groups excluding tert-OH is 1. The highest BCUT2D eigenvalue weighted by Crippen LogP contribution is 2.10. The van der Waals surface area contributed by atoms with E-state index in [1.54, 1.807) is 7.11 Å². The Bertz CT molecular complexity index is 153. The Morgan fingerprint density at radius 3 is 1.61 bits per heavy atom. The first-order valence-electron chi connectivity index (χ1n) is 6.69. The smallest absolute Gasteiger partial charge is 0.276 e. The predicted octanol–water partition coefficient (Wildman–Crippen LogP) is 2.84. The summed E-state index contributed by atoms with van der Waals surface area (Å²) >= 11 is 0. The summed E-state index contributed by atoms with van der Waals surface area (Å²) in [5.74, 6) is 0. The Morgan fingerprint density at radius 1 is 1.17 bits per heavy atom. The monoisotopic (exact) mass is 278 g/mol. The summed E-state index contributed by atoms with van der Waals surface area (Å²) in [6.45, 7) is 7.21. The van der Waals surface area contributed by atoms with E-state index in [0.29, 0.717) is 13.0 Å². The van der Waals surface area contributed by atoms with Gasteiger partial charge in [-0.1, -0.05) is 20.8 Å². The molecule has 5 heteroatoms. The second-order valence-electron chi connectivity index (χ2n) is 3.71. The lowest BCUT2D eigenvalue weighted by atomic mass is 10.4. The lowest BCUT2D eigenvalue weighted by molar-refractivity contribution is -0.107. The van der Waals surface area contributed by atoms with Crippen molar-refractivity contribution in [1.29, 1.82) is 0 Å². The van der Waals surface area contributed by atoms with Crippen LogP contribution in [-0.2, 0) is 14.0 Å². The van der Waals surface area contributed by atoms with E-state index >= 15 is 0 Å². The minimum absolute atomic E-state index is 0.319. The van der Waals surface area contributed by atoms with Crippen LogP contribution in [0.15, 0.2) is 0 Å². The number of carbonyl (C=O) groups is 1. The highest BCUT2D eigenvalue weighted by molar-refractivity contribution is 6.54. The van der Waals surface area contributed by atoms with E-state index in [2.05, 4.69) is 6.92 Å². The molecule has 0 spiro atoms. The van der Waals surface area contributed by atoms with Crippen LogP contribution >= 0.6 is 0 Å². The maximum atomic E-state index is 9.74. The number of aliphatic hydroxyl groups is 1. The van der Waals surface area contributed by atoms with Crippen molar-refractivity contribution in [2.45, 2.75) is 58.5 Å². The molecule has 1 fully saturated rings. The zero-order chi connectivity index (χ0) is 14.6. The van der Waals surface area contributed by atoms with Crippen molar-refractivity contribution >= 4 is 15.0 Å². The van der Waals surface area contributed by atoms with Crippen LogP contribution in [0.5, 0.6) is 0 Å². The van der Waals surface area contributed by atoms with Crippen LogP contribution in [0.2, 0.25) is 12.1 Å². The van der Waals surface area contributed by atoms with Gasteiger partial charge in [0, 0.05) is 26.7 Å². The molecule has 18 heavy (non-hydrogen) atoms. The quantitative estimate of drug-likeness (QED) is 0.620. The van der Waals surface area contributed by atoms with Gasteiger partial charge in [0.05, 0.1) is 0 Å². The van der Waals surface area contributed by atoms with Gasteiger partial charge in [0.15, 0.2) is 0 Å². The van der Waals surface area contributed by atoms with E-state index < -0.39 is 8.68 Å². The molecule has 0 aromatic rings. The van der Waals surface area contributed by atoms with Crippen molar-refractivity contribution in [2.75, 3.05) is 20.3 Å². The fourth-order valence-electron chi connectivity index (χ4n) is 0.373. The normalized spacial score (nSPS) is 10.8. The summed E-state index contributed by atoms with van der Waals surface area (Å²) in [6, 6.07) is 2.06. The summed E-state index contributed by atoms with van der Waals surface area (Å²) in [5, 5.41) is 7.88. The van der Waals surface area contributed by atoms with Crippen molar-refractivity contribution in [3.63, 3.8) is 0 Å². The van der Waals surface area contributed by atoms with Crippen LogP contribution in [0.4, 0.5) is 0 Å². The molecule has 0 saturated carbocycles. The van der Waals surface area contributed by atoms with Gasteiger partial charge in [-0.2, -0.15) is 0 Å². The molecule has 0 bridgehead atoms. The van der Waals surface area contributed by atoms with Gasteiger partial charge in [0.2, 0.25) is 0 Å². The Labute approximate surface area is 113 Å². The average molecular weight is 278 g/mol. The third-order valence-electron chi connectivity index (χ3n) is 1.49. The lowest BCUT2D eigenvalue weighted by Crippen LogP contribution is -1.80. The highest BCUT2D eigenvalue weighted by Gasteiger charge is 2.17. The topological polar surface area (TPSA) is 63.6 Å². The van der Waals surface area contributed by atoms with E-state index in [-0.39, 0.29) is 0 Å². The number of hydrogen-bond donors (Lipinski definition) is 1. The molecule has 1 rings (SSSR count). The number of ether oxygens (including phenoxy) is 1. The molecule has 1 aliphatic rings. The molecule has 1 aliphatic heterocycles. The molecule has 0 radical (unpaired) electrons. The molecule has 0 aromatic carbocycles. The molecular weight excluding hydrogens is 248 g/mol. The zero-order valence-corrected chi connectivity index (χ0v) is 13.4. The van der Waals surface area contributed by atoms with E-state index in [9.17, 15) is 9.26 Å². The average Bonchev–Trinajstić information content (AvgIpc) is 3.16. The fraction of sp³-hybridized carbons (Fsp3) is 0.923. The molecule has 110 valence electrons. The van der Waals surface area contributed by atoms with E-state index in [1.807, 2.05) is 13.8 Å². The lowest BCUT2D eigenvalue weighted by Gasteiger charge is -1.84. The van der Waals surface area contributed by atoms with E-state index in [1.165, 1.54) is 0 Å². The van der Waals surface area contributed by atoms with Gasteiger partial charge in [-0.3, -0.25) is 0 Å². The first-order valence-corrected chi connectivity index (χ1v) is 8.51. The SMILES string of the molecule is CCCC=O.CCCO.CCCOC.O=[Si]1CC1. The Morgan fingerprint density at radius 2 is 1.61 bits per heavy atom. The second-order valence-corrected chi connectivity index (χ2v) is 5.79. The molecule has 0 aliphatic carbocycles. The van der Waals surface area contributed by atoms with Crippen molar-refractivity contribution < 1.29 is 19.1 Å². The third kappa shape index (κ3) is 57.5. The summed E-state index contributed by atoms with van der Waals surface area (Å²) in [7, 11) is 0.832. The first-order chi connectivity index (χ1) is 8.64. The third-order valence-corrected chi connectivity index (χ3v) is 2.40. The van der Waals surface area contributed by atoms with Crippen molar-refractivity contribution in [2.24, 2.45) is 0 Å². The number of aldehydes is 1. The second kappa shape index (κ2) is 25.5. The van der Waals surface area contributed by atoms with Crippen LogP contribution in [-0.4, -0.2) is 40.4 Å². The van der Waals surface area contributed by atoms with Gasteiger partial charge < -0.3 is 19.1 Å². The first kappa shape index (κ1) is 22.8. The van der Waals surface area contributed by atoms with E-state index in [4.69, 9.17) is 9.84 Å². The summed E-state index contributed by atoms with van der Waals surface area (Å²) in [4.78, 5) is 9.40. The van der Waals surface area contributed by atoms with Crippen LogP contribution < -0.4 is 0 Å². The molecule has 1 saturated heterocycles. The van der Waals surface area contributed by atoms with E-state index in [0.717, 1.165) is 44.2 Å². The zero-order valence-electron chi connectivity index (χ0n) is 12.4. The molecule has 0 atom stereocenters. The van der Waals surface area contributed by atoms with Crippen LogP contribution in [0, 0.1) is 0 Å². The minimum atomic E-state index is -0.880. The van der Waals surface area contributed by atoms with Gasteiger partial charge in [0.25, 0.3) is 8.68 Å². The highest BCUT2D eigenvalue weighted by atomic mass is 28.3. The predicted molar refractivity (Wildman–Crippen MR) is 76.6 cm³/mol. The van der Waals surface area contributed by atoms with Gasteiger partial charge in [-0.25, -0.2) is 0 Å². The number of hydrogen-bond acceptors (Lipinski definition) is 4. The van der Waals surface area contributed by atoms with Gasteiger partial charge in [-0.15, -0.1) is 0 Å². The summed E-state index contributed by atoms with van der Waals surface area (Å²) in [6.07, 6.45) is 4.61. The summed E-state index contributed by atoms with van der Waals surface area (Å²) < 4.78 is 14.4. The number of rotatable bonds is 5. The van der Waals surface area contributed by atoms with Gasteiger partial charge >= 0.3 is 0 Å². The maximum absolute atomic E-state index is 9.74. The molecule has 1 N–H and O–H groups in total. The van der Waals surface area contributed by atoms with Gasteiger partial charge in [-0.05, 0) is 31.4 Å². The standard InChI is InChI=1S/C4H10O.C4H8O.C3H8O.C2H4OSi/c1-3-4-5-2;1-2-3-4-5;1-2-3-4;3-4-1-2-4/h3-4H2,1-2H3;4H,2-3H2,1H3;4H,2-3H2,1H3;1-2H2. The maximum Gasteiger partial charge on any atom is 0.276 e. The molecular formula is C13H30O4Si. The van der Waals surface area contributed by atoms with Crippen LogP contribution in [0.3, 0.4) is 0 Å². The van der Waals surface area contributed by atoms with Crippen molar-refractivity contribution in [3.8, 4) is 0 Å². The molecule has 1 heterocycles. The van der Waals surface area contributed by atoms with Crippen LogP contribution in [0.1, 0.15) is 46.5 Å². The molecule has 0 unspecified atom stereocenters. The van der Waals surface area contributed by atoms with Crippen LogP contribution in [0.25, 0.3) is 0 Å².